The van der Waals surface area contributed by atoms with E-state index in [-0.39, 0.29) is 5.92 Å². The van der Waals surface area contributed by atoms with Crippen LogP contribution in [0.25, 0.3) is 11.4 Å². The number of aromatic nitrogens is 2. The number of hydrogen-bond acceptors (Lipinski definition) is 5. The van der Waals surface area contributed by atoms with Gasteiger partial charge in [0.05, 0.1) is 12.5 Å². The monoisotopic (exact) mass is 365 g/mol. The van der Waals surface area contributed by atoms with Gasteiger partial charge in [-0.25, -0.2) is 0 Å². The Morgan fingerprint density at radius 1 is 1.41 bits per heavy atom. The molecular weight excluding hydrogens is 350 g/mol. The minimum Gasteiger partial charge on any atom is -0.481 e. The normalized spacial score (nSPS) is 16.8. The molecule has 1 fully saturated rings. The van der Waals surface area contributed by atoms with Gasteiger partial charge >= 0.3 is 5.97 Å². The highest BCUT2D eigenvalue weighted by Gasteiger charge is 2.25. The average Bonchev–Trinajstić information content (AvgIpc) is 2.96. The van der Waals surface area contributed by atoms with Gasteiger partial charge in [0.15, 0.2) is 0 Å². The van der Waals surface area contributed by atoms with E-state index in [4.69, 9.17) is 9.63 Å². The van der Waals surface area contributed by atoms with Gasteiger partial charge in [-0.15, -0.1) is 0 Å². The SMILES string of the molecule is O=C(O)C1CCN(Cc2nc(-c3cccc(Br)c3)no2)CC1. The van der Waals surface area contributed by atoms with E-state index in [0.717, 1.165) is 23.1 Å². The van der Waals surface area contributed by atoms with Crippen molar-refractivity contribution in [2.45, 2.75) is 19.4 Å². The van der Waals surface area contributed by atoms with Gasteiger partial charge in [0, 0.05) is 10.0 Å². The number of likely N-dealkylation sites (tertiary alicyclic amines) is 1. The zero-order valence-electron chi connectivity index (χ0n) is 11.9. The summed E-state index contributed by atoms with van der Waals surface area (Å²) in [6.07, 6.45) is 1.34. The number of rotatable bonds is 4. The van der Waals surface area contributed by atoms with E-state index in [1.54, 1.807) is 0 Å². The molecule has 1 N–H and O–H groups in total. The van der Waals surface area contributed by atoms with Crippen molar-refractivity contribution >= 4 is 21.9 Å². The summed E-state index contributed by atoms with van der Waals surface area (Å²) >= 11 is 3.42. The largest absolute Gasteiger partial charge is 0.481 e. The maximum absolute atomic E-state index is 10.9. The first-order valence-corrected chi connectivity index (χ1v) is 7.95. The lowest BCUT2D eigenvalue weighted by Crippen LogP contribution is -2.35. The Bertz CT molecular complexity index is 666. The van der Waals surface area contributed by atoms with Crippen molar-refractivity contribution in [3.63, 3.8) is 0 Å². The van der Waals surface area contributed by atoms with Gasteiger partial charge in [0.25, 0.3) is 0 Å². The lowest BCUT2D eigenvalue weighted by molar-refractivity contribution is -0.143. The van der Waals surface area contributed by atoms with Crippen molar-refractivity contribution in [2.24, 2.45) is 5.92 Å². The molecule has 2 heterocycles. The van der Waals surface area contributed by atoms with Crippen molar-refractivity contribution in [1.29, 1.82) is 0 Å². The second kappa shape index (κ2) is 6.58. The molecule has 1 aromatic carbocycles. The molecule has 3 rings (SSSR count). The number of piperidine rings is 1. The van der Waals surface area contributed by atoms with Crippen molar-refractivity contribution < 1.29 is 14.4 Å². The van der Waals surface area contributed by atoms with Gasteiger partial charge in [-0.1, -0.05) is 33.2 Å². The number of carbonyl (C=O) groups is 1. The van der Waals surface area contributed by atoms with Crippen molar-refractivity contribution in [3.05, 3.63) is 34.6 Å². The quantitative estimate of drug-likeness (QED) is 0.897. The van der Waals surface area contributed by atoms with Crippen molar-refractivity contribution in [1.82, 2.24) is 15.0 Å². The Kier molecular flexibility index (Phi) is 4.54. The van der Waals surface area contributed by atoms with Crippen molar-refractivity contribution in [2.75, 3.05) is 13.1 Å². The van der Waals surface area contributed by atoms with E-state index in [9.17, 15) is 4.79 Å². The van der Waals surface area contributed by atoms with Gasteiger partial charge in [-0.05, 0) is 38.1 Å². The van der Waals surface area contributed by atoms with Crippen LogP contribution in [0.5, 0.6) is 0 Å². The second-order valence-electron chi connectivity index (χ2n) is 5.41. The van der Waals surface area contributed by atoms with Crippen LogP contribution in [0, 0.1) is 5.92 Å². The Balaban J connectivity index is 1.62. The summed E-state index contributed by atoms with van der Waals surface area (Å²) in [6.45, 7) is 2.05. The van der Waals surface area contributed by atoms with Crippen LogP contribution in [0.2, 0.25) is 0 Å². The first-order chi connectivity index (χ1) is 10.6. The molecule has 0 aliphatic carbocycles. The molecule has 2 aromatic rings. The number of benzene rings is 1. The molecule has 7 heteroatoms. The van der Waals surface area contributed by atoms with Gasteiger partial charge in [0.2, 0.25) is 11.7 Å². The predicted molar refractivity (Wildman–Crippen MR) is 83.1 cm³/mol. The zero-order valence-corrected chi connectivity index (χ0v) is 13.5. The number of carboxylic acid groups (broad SMARTS) is 1. The second-order valence-corrected chi connectivity index (χ2v) is 6.33. The molecule has 0 bridgehead atoms. The molecule has 0 unspecified atom stereocenters. The summed E-state index contributed by atoms with van der Waals surface area (Å²) in [6, 6.07) is 7.73. The van der Waals surface area contributed by atoms with Crippen LogP contribution in [0.1, 0.15) is 18.7 Å². The minimum atomic E-state index is -0.700. The first kappa shape index (κ1) is 15.2. The predicted octanol–water partition coefficient (Wildman–Crippen LogP) is 2.80. The summed E-state index contributed by atoms with van der Waals surface area (Å²) in [7, 11) is 0. The molecule has 0 radical (unpaired) electrons. The fourth-order valence-corrected chi connectivity index (χ4v) is 2.99. The molecule has 116 valence electrons. The van der Waals surface area contributed by atoms with Crippen LogP contribution in [0.4, 0.5) is 0 Å². The molecule has 22 heavy (non-hydrogen) atoms. The number of nitrogens with zero attached hydrogens (tertiary/aromatic N) is 3. The van der Waals surface area contributed by atoms with Gasteiger partial charge in [-0.2, -0.15) is 4.98 Å². The molecule has 0 amide bonds. The summed E-state index contributed by atoms with van der Waals surface area (Å²) in [5, 5.41) is 13.0. The number of aliphatic carboxylic acids is 1. The zero-order chi connectivity index (χ0) is 15.5. The molecule has 6 nitrogen and oxygen atoms in total. The Morgan fingerprint density at radius 3 is 2.86 bits per heavy atom. The number of hydrogen-bond donors (Lipinski definition) is 1. The van der Waals surface area contributed by atoms with Crippen LogP contribution >= 0.6 is 15.9 Å². The third kappa shape index (κ3) is 3.53. The maximum atomic E-state index is 10.9. The Morgan fingerprint density at radius 2 is 2.18 bits per heavy atom. The van der Waals surface area contributed by atoms with Crippen LogP contribution in [0.15, 0.2) is 33.3 Å². The van der Waals surface area contributed by atoms with Gasteiger partial charge in [-0.3, -0.25) is 9.69 Å². The van der Waals surface area contributed by atoms with Crippen molar-refractivity contribution in [3.8, 4) is 11.4 Å². The van der Waals surface area contributed by atoms with E-state index in [2.05, 4.69) is 31.0 Å². The van der Waals surface area contributed by atoms with E-state index >= 15 is 0 Å². The van der Waals surface area contributed by atoms with Crippen LogP contribution in [-0.4, -0.2) is 39.2 Å². The minimum absolute atomic E-state index is 0.226. The summed E-state index contributed by atoms with van der Waals surface area (Å²) in [5.41, 5.74) is 0.897. The molecule has 1 saturated heterocycles. The highest BCUT2D eigenvalue weighted by atomic mass is 79.9. The summed E-state index contributed by atoms with van der Waals surface area (Å²) < 4.78 is 6.27. The van der Waals surface area contributed by atoms with Crippen LogP contribution in [0.3, 0.4) is 0 Å². The highest BCUT2D eigenvalue weighted by Crippen LogP contribution is 2.22. The molecule has 0 spiro atoms. The standard InChI is InChI=1S/C15H16BrN3O3/c16-12-3-1-2-11(8-12)14-17-13(22-18-14)9-19-6-4-10(5-7-19)15(20)21/h1-3,8,10H,4-7,9H2,(H,20,21). The highest BCUT2D eigenvalue weighted by molar-refractivity contribution is 9.10. The topological polar surface area (TPSA) is 79.5 Å². The molecule has 0 atom stereocenters. The Labute approximate surface area is 136 Å². The van der Waals surface area contributed by atoms with E-state index in [0.29, 0.717) is 31.1 Å². The van der Waals surface area contributed by atoms with Crippen LogP contribution in [-0.2, 0) is 11.3 Å². The molecule has 1 aromatic heterocycles. The van der Waals surface area contributed by atoms with Gasteiger partial charge < -0.3 is 9.63 Å². The van der Waals surface area contributed by atoms with E-state index < -0.39 is 5.97 Å². The maximum Gasteiger partial charge on any atom is 0.306 e. The third-order valence-electron chi connectivity index (χ3n) is 3.85. The third-order valence-corrected chi connectivity index (χ3v) is 4.34. The first-order valence-electron chi connectivity index (χ1n) is 7.15. The smallest absolute Gasteiger partial charge is 0.306 e. The number of halogens is 1. The Hall–Kier alpha value is -1.73. The lowest BCUT2D eigenvalue weighted by atomic mass is 9.97. The molecule has 1 aliphatic heterocycles. The summed E-state index contributed by atoms with van der Waals surface area (Å²) in [5.74, 6) is 0.200. The fraction of sp³-hybridized carbons (Fsp3) is 0.400. The van der Waals surface area contributed by atoms with E-state index in [1.165, 1.54) is 0 Å². The van der Waals surface area contributed by atoms with Crippen LogP contribution < -0.4 is 0 Å². The lowest BCUT2D eigenvalue weighted by Gasteiger charge is -2.28. The van der Waals surface area contributed by atoms with Gasteiger partial charge in [0.1, 0.15) is 0 Å². The summed E-state index contributed by atoms with van der Waals surface area (Å²) in [4.78, 5) is 17.5. The molecule has 1 aliphatic rings. The van der Waals surface area contributed by atoms with E-state index in [1.807, 2.05) is 24.3 Å². The molecule has 0 saturated carbocycles. The fourth-order valence-electron chi connectivity index (χ4n) is 2.59. The average molecular weight is 366 g/mol. The number of carboxylic acids is 1. The molecular formula is C15H16BrN3O3.